The van der Waals surface area contributed by atoms with E-state index in [0.29, 0.717) is 5.02 Å². The predicted octanol–water partition coefficient (Wildman–Crippen LogP) is 3.37. The van der Waals surface area contributed by atoms with E-state index in [1.165, 1.54) is 24.4 Å². The molecule has 4 atom stereocenters. The fourth-order valence-electron chi connectivity index (χ4n) is 3.74. The summed E-state index contributed by atoms with van der Waals surface area (Å²) in [6, 6.07) is 3.98. The third-order valence-electron chi connectivity index (χ3n) is 5.14. The van der Waals surface area contributed by atoms with Gasteiger partial charge in [0, 0.05) is 18.0 Å². The van der Waals surface area contributed by atoms with Crippen LogP contribution in [0.25, 0.3) is 0 Å². The molecule has 0 aromatic carbocycles. The lowest BCUT2D eigenvalue weighted by atomic mass is 9.89. The van der Waals surface area contributed by atoms with Gasteiger partial charge in [-0.3, -0.25) is 4.79 Å². The lowest BCUT2D eigenvalue weighted by Crippen LogP contribution is -2.36. The number of ether oxygens (including phenoxy) is 1. The number of carbonyl (C=O) groups excluding carboxylic acids is 1. The molecule has 0 bridgehead atoms. The lowest BCUT2D eigenvalue weighted by molar-refractivity contribution is 0.102. The van der Waals surface area contributed by atoms with E-state index in [1.807, 2.05) is 6.92 Å². The average Bonchev–Trinajstić information content (AvgIpc) is 3.26. The largest absolute Gasteiger partial charge is 0.461 e. The molecule has 1 aliphatic carbocycles. The first kappa shape index (κ1) is 18.9. The Morgan fingerprint density at radius 3 is 2.86 bits per heavy atom. The van der Waals surface area contributed by atoms with Crippen molar-refractivity contribution in [2.75, 3.05) is 5.32 Å². The van der Waals surface area contributed by atoms with Gasteiger partial charge in [-0.05, 0) is 25.1 Å². The topological polar surface area (TPSA) is 102 Å². The number of amides is 1. The normalized spacial score (nSPS) is 28.0. The SMILES string of the molecule is C[C@H]1C2[C@H]1OC(N)=N[C@@]2(C)c1nc(NC(=O)c2ncc(Cl)cc2Cl)ccc1F. The molecule has 1 aliphatic heterocycles. The zero-order valence-electron chi connectivity index (χ0n) is 14.9. The molecule has 2 aliphatic rings. The van der Waals surface area contributed by atoms with Crippen molar-refractivity contribution in [3.63, 3.8) is 0 Å². The molecule has 2 aromatic rings. The number of pyridine rings is 2. The molecule has 3 N–H and O–H groups in total. The summed E-state index contributed by atoms with van der Waals surface area (Å²) in [5.41, 5.74) is 4.85. The highest BCUT2D eigenvalue weighted by molar-refractivity contribution is 6.36. The summed E-state index contributed by atoms with van der Waals surface area (Å²) in [6.45, 7) is 3.75. The van der Waals surface area contributed by atoms with Crippen molar-refractivity contribution in [3.05, 3.63) is 51.6 Å². The number of amidine groups is 1. The highest BCUT2D eigenvalue weighted by Crippen LogP contribution is 2.56. The second-order valence-electron chi connectivity index (χ2n) is 7.03. The highest BCUT2D eigenvalue weighted by Gasteiger charge is 2.63. The number of nitrogens with two attached hydrogens (primary N) is 1. The van der Waals surface area contributed by atoms with Crippen LogP contribution >= 0.6 is 23.2 Å². The minimum absolute atomic E-state index is 0.000819. The van der Waals surface area contributed by atoms with Crippen molar-refractivity contribution in [1.82, 2.24) is 9.97 Å². The quantitative estimate of drug-likeness (QED) is 0.787. The van der Waals surface area contributed by atoms with Crippen molar-refractivity contribution in [1.29, 1.82) is 0 Å². The van der Waals surface area contributed by atoms with Crippen LogP contribution in [0.15, 0.2) is 29.4 Å². The van der Waals surface area contributed by atoms with Gasteiger partial charge in [0.15, 0.2) is 0 Å². The minimum Gasteiger partial charge on any atom is -0.461 e. The van der Waals surface area contributed by atoms with Crippen LogP contribution in [-0.2, 0) is 10.3 Å². The number of aliphatic imine (C=N–C) groups is 1. The van der Waals surface area contributed by atoms with Gasteiger partial charge >= 0.3 is 0 Å². The maximum atomic E-state index is 14.6. The van der Waals surface area contributed by atoms with Gasteiger partial charge in [-0.15, -0.1) is 0 Å². The van der Waals surface area contributed by atoms with Crippen LogP contribution in [-0.4, -0.2) is 28.0 Å². The van der Waals surface area contributed by atoms with Crippen LogP contribution in [0.5, 0.6) is 0 Å². The Kier molecular flexibility index (Phi) is 4.43. The number of aromatic nitrogens is 2. The molecule has 28 heavy (non-hydrogen) atoms. The second kappa shape index (κ2) is 6.56. The first-order valence-corrected chi connectivity index (χ1v) is 9.27. The van der Waals surface area contributed by atoms with E-state index < -0.39 is 17.3 Å². The van der Waals surface area contributed by atoms with E-state index in [9.17, 15) is 9.18 Å². The van der Waals surface area contributed by atoms with Crippen molar-refractivity contribution in [3.8, 4) is 0 Å². The monoisotopic (exact) mass is 423 g/mol. The summed E-state index contributed by atoms with van der Waals surface area (Å²) in [6.07, 6.45) is 1.18. The second-order valence-corrected chi connectivity index (χ2v) is 7.87. The summed E-state index contributed by atoms with van der Waals surface area (Å²) in [5.74, 6) is -0.893. The molecule has 1 saturated carbocycles. The van der Waals surface area contributed by atoms with Crippen molar-refractivity contribution in [2.45, 2.75) is 25.5 Å². The minimum atomic E-state index is -0.993. The summed E-state index contributed by atoms with van der Waals surface area (Å²) >= 11 is 11.8. The standard InChI is InChI=1S/C18H16Cl2FN5O2/c1-7-12-14(7)28-17(22)26-18(12,2)15-10(21)3-4-11(24-15)25-16(27)13-9(20)5-8(19)6-23-13/h3-7,12,14H,1-2H3,(H2,22,26)(H,24,25,27)/t7-,12?,14-,18+/m0/s1. The molecule has 0 spiro atoms. The van der Waals surface area contributed by atoms with E-state index in [4.69, 9.17) is 33.7 Å². The number of halogens is 3. The molecule has 7 nitrogen and oxygen atoms in total. The zero-order valence-corrected chi connectivity index (χ0v) is 16.4. The molecule has 10 heteroatoms. The molecular weight excluding hydrogens is 408 g/mol. The molecule has 1 unspecified atom stereocenters. The van der Waals surface area contributed by atoms with Crippen LogP contribution in [0, 0.1) is 17.7 Å². The predicted molar refractivity (Wildman–Crippen MR) is 103 cm³/mol. The van der Waals surface area contributed by atoms with Crippen LogP contribution < -0.4 is 11.1 Å². The summed E-state index contributed by atoms with van der Waals surface area (Å²) in [7, 11) is 0. The van der Waals surface area contributed by atoms with Gasteiger partial charge in [-0.1, -0.05) is 30.1 Å². The van der Waals surface area contributed by atoms with E-state index in [-0.39, 0.29) is 46.2 Å². The molecule has 4 rings (SSSR count). The van der Waals surface area contributed by atoms with Gasteiger partial charge in [0.2, 0.25) is 0 Å². The first-order chi connectivity index (χ1) is 13.2. The van der Waals surface area contributed by atoms with Crippen LogP contribution in [0.2, 0.25) is 10.0 Å². The Bertz CT molecular complexity index is 1020. The number of hydrogen-bond acceptors (Lipinski definition) is 6. The molecule has 1 amide bonds. The Balaban J connectivity index is 1.66. The molecular formula is C18H16Cl2FN5O2. The van der Waals surface area contributed by atoms with Crippen molar-refractivity contribution >= 4 is 40.9 Å². The van der Waals surface area contributed by atoms with Gasteiger partial charge in [-0.2, -0.15) is 0 Å². The molecule has 0 saturated heterocycles. The molecule has 3 heterocycles. The average molecular weight is 424 g/mol. The van der Waals surface area contributed by atoms with Gasteiger partial charge in [0.25, 0.3) is 11.9 Å². The third kappa shape index (κ3) is 3.06. The zero-order chi connectivity index (χ0) is 20.2. The fourth-order valence-corrected chi connectivity index (χ4v) is 4.21. The van der Waals surface area contributed by atoms with E-state index >= 15 is 0 Å². The van der Waals surface area contributed by atoms with Crippen LogP contribution in [0.3, 0.4) is 0 Å². The number of rotatable bonds is 3. The van der Waals surface area contributed by atoms with Crippen LogP contribution in [0.1, 0.15) is 30.0 Å². The Morgan fingerprint density at radius 1 is 1.39 bits per heavy atom. The molecule has 2 aromatic heterocycles. The van der Waals surface area contributed by atoms with E-state index in [1.54, 1.807) is 6.92 Å². The van der Waals surface area contributed by atoms with Crippen molar-refractivity contribution in [2.24, 2.45) is 22.6 Å². The molecule has 0 radical (unpaired) electrons. The number of fused-ring (bicyclic) bond motifs is 1. The number of anilines is 1. The lowest BCUT2D eigenvalue weighted by Gasteiger charge is -2.29. The van der Waals surface area contributed by atoms with Gasteiger partial charge in [-0.25, -0.2) is 19.4 Å². The Labute approximate surface area is 170 Å². The van der Waals surface area contributed by atoms with Gasteiger partial charge in [0.1, 0.15) is 34.7 Å². The smallest absolute Gasteiger partial charge is 0.283 e. The molecule has 1 fully saturated rings. The summed E-state index contributed by atoms with van der Waals surface area (Å²) in [4.78, 5) is 25.0. The summed E-state index contributed by atoms with van der Waals surface area (Å²) in [5, 5.41) is 2.97. The van der Waals surface area contributed by atoms with Gasteiger partial charge < -0.3 is 15.8 Å². The maximum Gasteiger partial charge on any atom is 0.283 e. The third-order valence-corrected chi connectivity index (χ3v) is 5.63. The number of nitrogens with one attached hydrogen (secondary N) is 1. The highest BCUT2D eigenvalue weighted by atomic mass is 35.5. The fraction of sp³-hybridized carbons (Fsp3) is 0.333. The summed E-state index contributed by atoms with van der Waals surface area (Å²) < 4.78 is 20.1. The van der Waals surface area contributed by atoms with Crippen LogP contribution in [0.4, 0.5) is 10.2 Å². The first-order valence-electron chi connectivity index (χ1n) is 8.52. The maximum absolute atomic E-state index is 14.6. The van der Waals surface area contributed by atoms with E-state index in [0.717, 1.165) is 0 Å². The number of nitrogens with zero attached hydrogens (tertiary/aromatic N) is 3. The van der Waals surface area contributed by atoms with E-state index in [2.05, 4.69) is 20.3 Å². The van der Waals surface area contributed by atoms with Gasteiger partial charge in [0.05, 0.1) is 10.0 Å². The molecule has 146 valence electrons. The Morgan fingerprint density at radius 2 is 2.14 bits per heavy atom. The number of carbonyl (C=O) groups is 1. The van der Waals surface area contributed by atoms with Crippen molar-refractivity contribution < 1.29 is 13.9 Å². The Hall–Kier alpha value is -2.45. The number of hydrogen-bond donors (Lipinski definition) is 2.